The van der Waals surface area contributed by atoms with Crippen LogP contribution in [-0.4, -0.2) is 41.2 Å². The van der Waals surface area contributed by atoms with Crippen molar-refractivity contribution in [2.45, 2.75) is 79.0 Å². The third kappa shape index (κ3) is 6.09. The molecule has 29 heavy (non-hydrogen) atoms. The number of para-hydroxylation sites is 1. The van der Waals surface area contributed by atoms with E-state index in [4.69, 9.17) is 18.3 Å². The van der Waals surface area contributed by atoms with E-state index in [0.717, 1.165) is 0 Å². The summed E-state index contributed by atoms with van der Waals surface area (Å²) in [5, 5.41) is 17.9. The van der Waals surface area contributed by atoms with Gasteiger partial charge in [-0.2, -0.15) is 9.85 Å². The highest BCUT2D eigenvalue weighted by molar-refractivity contribution is 7.51. The smallest absolute Gasteiger partial charge is 0.300 e. The molecule has 0 spiro atoms. The van der Waals surface area contributed by atoms with E-state index in [1.54, 1.807) is 11.9 Å². The molecule has 0 N–H and O–H groups in total. The zero-order chi connectivity index (χ0) is 21.8. The molecule has 1 aromatic carbocycles. The van der Waals surface area contributed by atoms with Gasteiger partial charge in [-0.25, -0.2) is 5.01 Å². The summed E-state index contributed by atoms with van der Waals surface area (Å²) in [6.07, 6.45) is -1.68. The van der Waals surface area contributed by atoms with Crippen LogP contribution < -0.4 is 5.01 Å². The Hall–Kier alpha value is -1.80. The van der Waals surface area contributed by atoms with E-state index in [0.29, 0.717) is 11.4 Å². The van der Waals surface area contributed by atoms with Gasteiger partial charge in [0.25, 0.3) is 6.04 Å². The minimum absolute atomic E-state index is 0.243. The van der Waals surface area contributed by atoms with E-state index in [2.05, 4.69) is 5.10 Å². The Kier molecular flexibility index (Phi) is 7.94. The van der Waals surface area contributed by atoms with E-state index < -0.39 is 19.9 Å². The van der Waals surface area contributed by atoms with Gasteiger partial charge in [-0.15, -0.1) is 0 Å². The monoisotopic (exact) mass is 426 g/mol. The van der Waals surface area contributed by atoms with Gasteiger partial charge in [0.05, 0.1) is 24.0 Å². The van der Waals surface area contributed by atoms with Crippen LogP contribution in [0.5, 0.6) is 0 Å². The van der Waals surface area contributed by atoms with E-state index in [1.807, 2.05) is 71.9 Å². The Morgan fingerprint density at radius 3 is 1.93 bits per heavy atom. The Labute approximate surface area is 172 Å². The van der Waals surface area contributed by atoms with Crippen LogP contribution >= 0.6 is 7.74 Å². The largest absolute Gasteiger partial charge is 0.358 e. The summed E-state index contributed by atoms with van der Waals surface area (Å²) in [4.78, 5) is 11.5. The molecule has 0 fully saturated rings. The summed E-state index contributed by atoms with van der Waals surface area (Å²) >= 11 is 0. The van der Waals surface area contributed by atoms with E-state index in [1.165, 1.54) is 0 Å². The lowest BCUT2D eigenvalue weighted by Gasteiger charge is -2.31. The summed E-state index contributed by atoms with van der Waals surface area (Å²) in [7, 11) is -3.27. The first-order valence-electron chi connectivity index (χ1n) is 9.74. The van der Waals surface area contributed by atoms with Gasteiger partial charge in [-0.3, -0.25) is 23.7 Å². The average molecular weight is 426 g/mol. The molecule has 2 rings (SSSR count). The number of rotatable bonds is 9. The Morgan fingerprint density at radius 1 is 1.03 bits per heavy atom. The highest BCUT2D eigenvalue weighted by Gasteiger charge is 2.47. The van der Waals surface area contributed by atoms with Crippen LogP contribution in [0.4, 0.5) is 5.69 Å². The van der Waals surface area contributed by atoms with Crippen molar-refractivity contribution in [3.63, 3.8) is 0 Å². The van der Waals surface area contributed by atoms with Crippen molar-refractivity contribution in [1.82, 2.24) is 0 Å². The van der Waals surface area contributed by atoms with Gasteiger partial charge in [-0.05, 0) is 60.6 Å². The van der Waals surface area contributed by atoms with Crippen LogP contribution in [0.25, 0.3) is 0 Å². The molecule has 0 saturated carbocycles. The summed E-state index contributed by atoms with van der Waals surface area (Å²) in [5.74, 6) is 0. The molecule has 9 nitrogen and oxygen atoms in total. The molecule has 0 amide bonds. The van der Waals surface area contributed by atoms with E-state index in [-0.39, 0.29) is 23.2 Å². The summed E-state index contributed by atoms with van der Waals surface area (Å²) in [6.45, 7) is 12.8. The van der Waals surface area contributed by atoms with Crippen molar-refractivity contribution in [2.75, 3.05) is 5.01 Å². The second kappa shape index (κ2) is 9.80. The zero-order valence-electron chi connectivity index (χ0n) is 18.1. The van der Waals surface area contributed by atoms with Crippen LogP contribution in [0.15, 0.2) is 40.2 Å². The second-order valence-electron chi connectivity index (χ2n) is 7.61. The molecule has 162 valence electrons. The molecule has 0 aromatic heterocycles. The molecular weight excluding hydrogens is 395 g/mol. The van der Waals surface area contributed by atoms with Crippen molar-refractivity contribution < 1.29 is 18.5 Å². The number of nitro groups is 1. The fourth-order valence-corrected chi connectivity index (χ4v) is 5.33. The minimum Gasteiger partial charge on any atom is -0.300 e. The number of anilines is 1. The molecule has 10 heteroatoms. The standard InChI is InChI=1S/C19H31N4O5P/c1-13(2)26-29(27-14(3)4,28-15(5)6)21-19-18(23(24)25)16(7)20-22(19)17-11-9-8-10-12-17/h8-15,18-19H,1-7H3/t18-,19-/m0/s1. The van der Waals surface area contributed by atoms with Crippen LogP contribution in [-0.2, 0) is 13.6 Å². The Bertz CT molecular complexity index is 749. The fraction of sp³-hybridized carbons (Fsp3) is 0.632. The van der Waals surface area contributed by atoms with Gasteiger partial charge in [0.2, 0.25) is 6.17 Å². The van der Waals surface area contributed by atoms with Crippen LogP contribution in [0.2, 0.25) is 0 Å². The lowest BCUT2D eigenvalue weighted by Crippen LogP contribution is -2.41. The number of hydrazone groups is 1. The first-order chi connectivity index (χ1) is 13.5. The highest BCUT2D eigenvalue weighted by atomic mass is 31.2. The quantitative estimate of drug-likeness (QED) is 0.310. The number of hydrogen-bond acceptors (Lipinski definition) is 8. The third-order valence-electron chi connectivity index (χ3n) is 3.77. The maximum Gasteiger partial charge on any atom is 0.358 e. The summed E-state index contributed by atoms with van der Waals surface area (Å²) < 4.78 is 23.0. The number of hydrogen-bond donors (Lipinski definition) is 0. The molecule has 0 aliphatic carbocycles. The molecule has 1 aliphatic heterocycles. The van der Waals surface area contributed by atoms with Crippen molar-refractivity contribution in [3.05, 3.63) is 40.4 Å². The van der Waals surface area contributed by atoms with Crippen molar-refractivity contribution in [2.24, 2.45) is 9.85 Å². The molecule has 1 heterocycles. The Balaban J connectivity index is 2.64. The summed E-state index contributed by atoms with van der Waals surface area (Å²) in [5.41, 5.74) is 1.06. The van der Waals surface area contributed by atoms with Crippen LogP contribution in [0.1, 0.15) is 48.5 Å². The molecule has 1 aliphatic rings. The van der Waals surface area contributed by atoms with Gasteiger partial charge in [-0.1, -0.05) is 18.2 Å². The maximum absolute atomic E-state index is 11.9. The van der Waals surface area contributed by atoms with Crippen LogP contribution in [0.3, 0.4) is 0 Å². The normalized spacial score (nSPS) is 19.9. The molecule has 0 bridgehead atoms. The van der Waals surface area contributed by atoms with Gasteiger partial charge in [0.1, 0.15) is 5.71 Å². The number of nitrogens with zero attached hydrogens (tertiary/aromatic N) is 4. The van der Waals surface area contributed by atoms with Gasteiger partial charge < -0.3 is 0 Å². The first kappa shape index (κ1) is 23.5. The minimum atomic E-state index is -3.27. The SMILES string of the molecule is CC1=NN(c2ccccc2)[C@H](N=P(OC(C)C)(OC(C)C)OC(C)C)[C@H]1[N+](=O)[O-]. The van der Waals surface area contributed by atoms with Gasteiger partial charge >= 0.3 is 7.74 Å². The molecule has 0 unspecified atom stereocenters. The lowest BCUT2D eigenvalue weighted by atomic mass is 10.1. The third-order valence-corrected chi connectivity index (χ3v) is 6.35. The molecule has 0 saturated heterocycles. The van der Waals surface area contributed by atoms with Crippen molar-refractivity contribution in [1.29, 1.82) is 0 Å². The molecular formula is C19H31N4O5P. The topological polar surface area (TPSA) is 98.8 Å². The van der Waals surface area contributed by atoms with Crippen LogP contribution in [0, 0.1) is 10.1 Å². The van der Waals surface area contributed by atoms with Crippen molar-refractivity contribution in [3.8, 4) is 0 Å². The summed E-state index contributed by atoms with van der Waals surface area (Å²) in [6, 6.07) is 8.10. The molecule has 2 atom stereocenters. The first-order valence-corrected chi connectivity index (χ1v) is 11.2. The number of benzene rings is 1. The predicted octanol–water partition coefficient (Wildman–Crippen LogP) is 5.08. The lowest BCUT2D eigenvalue weighted by molar-refractivity contribution is -0.504. The average Bonchev–Trinajstić information content (AvgIpc) is 2.89. The Morgan fingerprint density at radius 2 is 1.52 bits per heavy atom. The van der Waals surface area contributed by atoms with E-state index >= 15 is 0 Å². The van der Waals surface area contributed by atoms with Gasteiger partial charge in [0, 0.05) is 4.92 Å². The fourth-order valence-electron chi connectivity index (χ4n) is 2.90. The highest BCUT2D eigenvalue weighted by Crippen LogP contribution is 2.57. The van der Waals surface area contributed by atoms with E-state index in [9.17, 15) is 10.1 Å². The van der Waals surface area contributed by atoms with Crippen molar-refractivity contribution >= 4 is 19.1 Å². The zero-order valence-corrected chi connectivity index (χ0v) is 18.9. The molecule has 1 aromatic rings. The maximum atomic E-state index is 11.9. The molecule has 0 radical (unpaired) electrons. The second-order valence-corrected chi connectivity index (χ2v) is 9.41. The predicted molar refractivity (Wildman–Crippen MR) is 115 cm³/mol. The van der Waals surface area contributed by atoms with Gasteiger partial charge in [0.15, 0.2) is 0 Å².